The minimum absolute atomic E-state index is 0.407. The van der Waals surface area contributed by atoms with Crippen LogP contribution in [0.5, 0.6) is 0 Å². The van der Waals surface area contributed by atoms with Crippen molar-refractivity contribution in [2.75, 3.05) is 19.6 Å². The minimum Gasteiger partial charge on any atom is -0.313 e. The van der Waals surface area contributed by atoms with Crippen LogP contribution in [0.25, 0.3) is 0 Å². The van der Waals surface area contributed by atoms with E-state index in [0.29, 0.717) is 29.8 Å². The molecule has 1 saturated heterocycles. The van der Waals surface area contributed by atoms with Crippen molar-refractivity contribution in [3.8, 4) is 0 Å². The number of sulfonamides is 1. The summed E-state index contributed by atoms with van der Waals surface area (Å²) >= 11 is 0. The predicted octanol–water partition coefficient (Wildman–Crippen LogP) is 2.46. The van der Waals surface area contributed by atoms with Gasteiger partial charge in [-0.15, -0.1) is 0 Å². The standard InChI is InChI=1S/C16H26N2O2S/c1-4-17-10-15-5-7-16(8-6-15)21(19,20)18-11-13(2)9-14(3)12-18/h5-8,13-14,17H,4,9-12H2,1-3H3. The highest BCUT2D eigenvalue weighted by Gasteiger charge is 2.31. The van der Waals surface area contributed by atoms with Crippen LogP contribution in [-0.4, -0.2) is 32.4 Å². The van der Waals surface area contributed by atoms with Crippen molar-refractivity contribution in [1.82, 2.24) is 9.62 Å². The van der Waals surface area contributed by atoms with E-state index in [1.165, 1.54) is 0 Å². The Kier molecular flexibility index (Phi) is 5.41. The third-order valence-corrected chi connectivity index (χ3v) is 5.82. The molecule has 1 aliphatic heterocycles. The van der Waals surface area contributed by atoms with Crippen LogP contribution in [-0.2, 0) is 16.6 Å². The first-order valence-electron chi connectivity index (χ1n) is 7.73. The largest absolute Gasteiger partial charge is 0.313 e. The molecule has 0 amide bonds. The fourth-order valence-electron chi connectivity index (χ4n) is 3.00. The van der Waals surface area contributed by atoms with E-state index in [4.69, 9.17) is 0 Å². The van der Waals surface area contributed by atoms with Crippen LogP contribution in [0.4, 0.5) is 0 Å². The van der Waals surface area contributed by atoms with Gasteiger partial charge in [0.2, 0.25) is 10.0 Å². The van der Waals surface area contributed by atoms with E-state index in [-0.39, 0.29) is 0 Å². The molecule has 1 N–H and O–H groups in total. The molecule has 4 nitrogen and oxygen atoms in total. The van der Waals surface area contributed by atoms with E-state index in [1.807, 2.05) is 12.1 Å². The van der Waals surface area contributed by atoms with Crippen molar-refractivity contribution in [1.29, 1.82) is 0 Å². The number of hydrogen-bond donors (Lipinski definition) is 1. The van der Waals surface area contributed by atoms with E-state index in [2.05, 4.69) is 26.1 Å². The van der Waals surface area contributed by atoms with Gasteiger partial charge >= 0.3 is 0 Å². The normalized spacial score (nSPS) is 24.1. The van der Waals surface area contributed by atoms with Gasteiger partial charge in [0.1, 0.15) is 0 Å². The van der Waals surface area contributed by atoms with Gasteiger partial charge in [-0.3, -0.25) is 0 Å². The summed E-state index contributed by atoms with van der Waals surface area (Å²) in [6.07, 6.45) is 1.10. The Hall–Kier alpha value is -0.910. The molecule has 0 aromatic heterocycles. The zero-order valence-electron chi connectivity index (χ0n) is 13.2. The summed E-state index contributed by atoms with van der Waals surface area (Å²) in [4.78, 5) is 0.407. The first-order chi connectivity index (χ1) is 9.93. The molecule has 1 heterocycles. The van der Waals surface area contributed by atoms with Crippen molar-refractivity contribution >= 4 is 10.0 Å². The van der Waals surface area contributed by atoms with E-state index in [1.54, 1.807) is 16.4 Å². The van der Waals surface area contributed by atoms with E-state index in [0.717, 1.165) is 25.1 Å². The van der Waals surface area contributed by atoms with Crippen LogP contribution in [0.15, 0.2) is 29.2 Å². The lowest BCUT2D eigenvalue weighted by atomic mass is 9.94. The maximum Gasteiger partial charge on any atom is 0.243 e. The Bertz CT molecular complexity index is 544. The fraction of sp³-hybridized carbons (Fsp3) is 0.625. The second kappa shape index (κ2) is 6.90. The van der Waals surface area contributed by atoms with E-state index >= 15 is 0 Å². The molecular formula is C16H26N2O2S. The molecular weight excluding hydrogens is 284 g/mol. The highest BCUT2D eigenvalue weighted by molar-refractivity contribution is 7.89. The molecule has 1 aromatic carbocycles. The fourth-order valence-corrected chi connectivity index (χ4v) is 4.68. The van der Waals surface area contributed by atoms with Crippen molar-refractivity contribution in [2.24, 2.45) is 11.8 Å². The molecule has 0 saturated carbocycles. The van der Waals surface area contributed by atoms with Gasteiger partial charge in [-0.05, 0) is 42.5 Å². The van der Waals surface area contributed by atoms with Gasteiger partial charge in [0.25, 0.3) is 0 Å². The number of hydrogen-bond acceptors (Lipinski definition) is 3. The second-order valence-electron chi connectivity index (χ2n) is 6.19. The smallest absolute Gasteiger partial charge is 0.243 e. The SMILES string of the molecule is CCNCc1ccc(S(=O)(=O)N2CC(C)CC(C)C2)cc1. The van der Waals surface area contributed by atoms with Crippen LogP contribution in [0, 0.1) is 11.8 Å². The first kappa shape index (κ1) is 16.5. The summed E-state index contributed by atoms with van der Waals surface area (Å²) in [6.45, 7) is 9.24. The molecule has 2 unspecified atom stereocenters. The number of nitrogens with one attached hydrogen (secondary N) is 1. The van der Waals surface area contributed by atoms with Crippen molar-refractivity contribution in [3.05, 3.63) is 29.8 Å². The molecule has 1 fully saturated rings. The van der Waals surface area contributed by atoms with Gasteiger partial charge < -0.3 is 5.32 Å². The van der Waals surface area contributed by atoms with Crippen molar-refractivity contribution < 1.29 is 8.42 Å². The van der Waals surface area contributed by atoms with Crippen LogP contribution in [0.3, 0.4) is 0 Å². The maximum absolute atomic E-state index is 12.7. The number of benzene rings is 1. The first-order valence-corrected chi connectivity index (χ1v) is 9.17. The lowest BCUT2D eigenvalue weighted by Crippen LogP contribution is -2.42. The van der Waals surface area contributed by atoms with Gasteiger partial charge in [-0.2, -0.15) is 4.31 Å². The number of nitrogens with zero attached hydrogens (tertiary/aromatic N) is 1. The van der Waals surface area contributed by atoms with Crippen LogP contribution in [0.1, 0.15) is 32.8 Å². The molecule has 5 heteroatoms. The molecule has 0 spiro atoms. The highest BCUT2D eigenvalue weighted by Crippen LogP contribution is 2.26. The molecule has 2 rings (SSSR count). The molecule has 1 aromatic rings. The molecule has 0 aliphatic carbocycles. The average molecular weight is 310 g/mol. The summed E-state index contributed by atoms with van der Waals surface area (Å²) in [5.41, 5.74) is 1.11. The second-order valence-corrected chi connectivity index (χ2v) is 8.13. The third-order valence-electron chi connectivity index (χ3n) is 3.98. The molecule has 2 atom stereocenters. The molecule has 118 valence electrons. The van der Waals surface area contributed by atoms with Crippen LogP contribution < -0.4 is 5.32 Å². The number of rotatable bonds is 5. The number of piperidine rings is 1. The van der Waals surface area contributed by atoms with Crippen molar-refractivity contribution in [3.63, 3.8) is 0 Å². The Labute approximate surface area is 128 Å². The van der Waals surface area contributed by atoms with Gasteiger partial charge in [0.05, 0.1) is 4.90 Å². The topological polar surface area (TPSA) is 49.4 Å². The quantitative estimate of drug-likeness (QED) is 0.909. The summed E-state index contributed by atoms with van der Waals surface area (Å²) in [5, 5.41) is 3.24. The van der Waals surface area contributed by atoms with Gasteiger partial charge in [0, 0.05) is 19.6 Å². The Morgan fingerprint density at radius 2 is 1.71 bits per heavy atom. The summed E-state index contributed by atoms with van der Waals surface area (Å²) < 4.78 is 27.1. The predicted molar refractivity (Wildman–Crippen MR) is 85.5 cm³/mol. The molecule has 1 aliphatic rings. The molecule has 0 bridgehead atoms. The maximum atomic E-state index is 12.7. The minimum atomic E-state index is -3.35. The van der Waals surface area contributed by atoms with Crippen LogP contribution >= 0.6 is 0 Å². The zero-order valence-corrected chi connectivity index (χ0v) is 14.0. The molecule has 0 radical (unpaired) electrons. The van der Waals surface area contributed by atoms with Gasteiger partial charge in [-0.1, -0.05) is 32.9 Å². The third kappa shape index (κ3) is 4.05. The zero-order chi connectivity index (χ0) is 15.5. The summed E-state index contributed by atoms with van der Waals surface area (Å²) in [5.74, 6) is 0.855. The molecule has 21 heavy (non-hydrogen) atoms. The lowest BCUT2D eigenvalue weighted by molar-refractivity contribution is 0.222. The van der Waals surface area contributed by atoms with Gasteiger partial charge in [-0.25, -0.2) is 8.42 Å². The monoisotopic (exact) mass is 310 g/mol. The lowest BCUT2D eigenvalue weighted by Gasteiger charge is -2.34. The van der Waals surface area contributed by atoms with E-state index in [9.17, 15) is 8.42 Å². The van der Waals surface area contributed by atoms with Crippen molar-refractivity contribution in [2.45, 2.75) is 38.6 Å². The van der Waals surface area contributed by atoms with Crippen LogP contribution in [0.2, 0.25) is 0 Å². The Morgan fingerprint density at radius 1 is 1.14 bits per heavy atom. The summed E-state index contributed by atoms with van der Waals surface area (Å²) in [7, 11) is -3.35. The van der Waals surface area contributed by atoms with Gasteiger partial charge in [0.15, 0.2) is 0 Å². The Morgan fingerprint density at radius 3 is 2.24 bits per heavy atom. The highest BCUT2D eigenvalue weighted by atomic mass is 32.2. The Balaban J connectivity index is 2.15. The average Bonchev–Trinajstić information content (AvgIpc) is 2.44. The summed E-state index contributed by atoms with van der Waals surface area (Å²) in [6, 6.07) is 7.25. The van der Waals surface area contributed by atoms with E-state index < -0.39 is 10.0 Å².